The van der Waals surface area contributed by atoms with Crippen molar-refractivity contribution in [1.82, 2.24) is 19.5 Å². The monoisotopic (exact) mass is 424 g/mol. The van der Waals surface area contributed by atoms with Crippen LogP contribution >= 0.6 is 23.4 Å². The van der Waals surface area contributed by atoms with Gasteiger partial charge in [0.2, 0.25) is 0 Å². The number of hydrogen-bond acceptors (Lipinski definition) is 6. The normalized spacial score (nSPS) is 11.0. The van der Waals surface area contributed by atoms with Gasteiger partial charge in [0.25, 0.3) is 5.56 Å². The van der Waals surface area contributed by atoms with E-state index in [1.165, 1.54) is 24.2 Å². The van der Waals surface area contributed by atoms with Gasteiger partial charge in [-0.05, 0) is 29.3 Å². The van der Waals surface area contributed by atoms with Gasteiger partial charge in [0.1, 0.15) is 5.75 Å². The molecule has 0 saturated carbocycles. The molecule has 2 aromatic heterocycles. The lowest BCUT2D eigenvalue weighted by molar-refractivity contribution is 0.414. The van der Waals surface area contributed by atoms with E-state index in [4.69, 9.17) is 16.3 Å². The predicted octanol–water partition coefficient (Wildman–Crippen LogP) is 4.19. The SMILES string of the molecule is COc1ccc(Cn2c(SCc3ccccc3Cl)nc3nccnc3c2=O)cc1. The van der Waals surface area contributed by atoms with Crippen LogP contribution in [0, 0.1) is 0 Å². The van der Waals surface area contributed by atoms with Crippen LogP contribution in [-0.2, 0) is 12.3 Å². The molecule has 4 aromatic rings. The van der Waals surface area contributed by atoms with Crippen molar-refractivity contribution in [2.75, 3.05) is 7.11 Å². The minimum atomic E-state index is -0.222. The molecule has 0 unspecified atom stereocenters. The zero-order valence-corrected chi connectivity index (χ0v) is 17.2. The second kappa shape index (κ2) is 8.63. The van der Waals surface area contributed by atoms with Crippen LogP contribution in [0.5, 0.6) is 5.75 Å². The van der Waals surface area contributed by atoms with E-state index in [0.29, 0.717) is 28.1 Å². The second-order valence-corrected chi connectivity index (χ2v) is 7.59. The number of rotatable bonds is 6. The summed E-state index contributed by atoms with van der Waals surface area (Å²) in [6, 6.07) is 15.2. The lowest BCUT2D eigenvalue weighted by Gasteiger charge is -2.13. The van der Waals surface area contributed by atoms with Crippen LogP contribution in [0.4, 0.5) is 0 Å². The maximum Gasteiger partial charge on any atom is 0.282 e. The van der Waals surface area contributed by atoms with Crippen LogP contribution in [0.25, 0.3) is 11.2 Å². The van der Waals surface area contributed by atoms with Gasteiger partial charge in [-0.25, -0.2) is 15.0 Å². The fourth-order valence-corrected chi connectivity index (χ4v) is 4.12. The first kappa shape index (κ1) is 19.4. The van der Waals surface area contributed by atoms with Gasteiger partial charge < -0.3 is 4.74 Å². The van der Waals surface area contributed by atoms with Crippen LogP contribution in [-0.4, -0.2) is 26.6 Å². The topological polar surface area (TPSA) is 69.9 Å². The summed E-state index contributed by atoms with van der Waals surface area (Å²) in [6.45, 7) is 0.368. The number of ether oxygens (including phenoxy) is 1. The van der Waals surface area contributed by atoms with E-state index < -0.39 is 0 Å². The first-order chi connectivity index (χ1) is 14.2. The number of aromatic nitrogens is 4. The molecule has 2 heterocycles. The fourth-order valence-electron chi connectivity index (χ4n) is 2.85. The minimum absolute atomic E-state index is 0.222. The molecular weight excluding hydrogens is 408 g/mol. The Morgan fingerprint density at radius 2 is 1.83 bits per heavy atom. The van der Waals surface area contributed by atoms with E-state index in [-0.39, 0.29) is 11.1 Å². The summed E-state index contributed by atoms with van der Waals surface area (Å²) in [5.41, 5.74) is 2.30. The molecule has 0 aliphatic heterocycles. The van der Waals surface area contributed by atoms with Crippen LogP contribution in [0.1, 0.15) is 11.1 Å². The van der Waals surface area contributed by atoms with Gasteiger partial charge in [0.15, 0.2) is 16.3 Å². The molecule has 8 heteroatoms. The summed E-state index contributed by atoms with van der Waals surface area (Å²) in [4.78, 5) is 26.1. The van der Waals surface area contributed by atoms with E-state index in [1.807, 2.05) is 48.5 Å². The third kappa shape index (κ3) is 4.26. The summed E-state index contributed by atoms with van der Waals surface area (Å²) in [5.74, 6) is 1.34. The van der Waals surface area contributed by atoms with Gasteiger partial charge in [-0.3, -0.25) is 9.36 Å². The zero-order chi connectivity index (χ0) is 20.2. The number of fused-ring (bicyclic) bond motifs is 1. The van der Waals surface area contributed by atoms with Gasteiger partial charge in [0, 0.05) is 23.2 Å². The quantitative estimate of drug-likeness (QED) is 0.341. The first-order valence-electron chi connectivity index (χ1n) is 8.86. The maximum absolute atomic E-state index is 13.1. The van der Waals surface area contributed by atoms with Gasteiger partial charge in [0.05, 0.1) is 13.7 Å². The van der Waals surface area contributed by atoms with Crippen molar-refractivity contribution in [2.45, 2.75) is 17.5 Å². The Bertz CT molecular complexity index is 1210. The highest BCUT2D eigenvalue weighted by molar-refractivity contribution is 7.98. The Kier molecular flexibility index (Phi) is 5.78. The molecule has 0 aliphatic rings. The smallest absolute Gasteiger partial charge is 0.282 e. The van der Waals surface area contributed by atoms with Gasteiger partial charge in [-0.1, -0.05) is 53.7 Å². The van der Waals surface area contributed by atoms with Crippen molar-refractivity contribution in [2.24, 2.45) is 0 Å². The van der Waals surface area contributed by atoms with Crippen molar-refractivity contribution >= 4 is 34.5 Å². The molecule has 29 heavy (non-hydrogen) atoms. The summed E-state index contributed by atoms with van der Waals surface area (Å²) in [7, 11) is 1.62. The largest absolute Gasteiger partial charge is 0.497 e. The number of methoxy groups -OCH3 is 1. The molecule has 2 aromatic carbocycles. The minimum Gasteiger partial charge on any atom is -0.497 e. The number of hydrogen-bond donors (Lipinski definition) is 0. The van der Waals surface area contributed by atoms with Gasteiger partial charge >= 0.3 is 0 Å². The highest BCUT2D eigenvalue weighted by Crippen LogP contribution is 2.26. The Balaban J connectivity index is 1.73. The Morgan fingerprint density at radius 3 is 2.59 bits per heavy atom. The van der Waals surface area contributed by atoms with Crippen molar-refractivity contribution in [3.05, 3.63) is 87.4 Å². The van der Waals surface area contributed by atoms with Crippen LogP contribution in [0.15, 0.2) is 70.9 Å². The van der Waals surface area contributed by atoms with E-state index in [9.17, 15) is 4.79 Å². The molecule has 0 saturated heterocycles. The fraction of sp³-hybridized carbons (Fsp3) is 0.143. The number of benzene rings is 2. The molecule has 0 N–H and O–H groups in total. The van der Waals surface area contributed by atoms with Crippen molar-refractivity contribution in [3.63, 3.8) is 0 Å². The lowest BCUT2D eigenvalue weighted by atomic mass is 10.2. The average Bonchev–Trinajstić information content (AvgIpc) is 2.76. The summed E-state index contributed by atoms with van der Waals surface area (Å²) >= 11 is 7.72. The van der Waals surface area contributed by atoms with Gasteiger partial charge in [-0.15, -0.1) is 0 Å². The molecule has 0 atom stereocenters. The van der Waals surface area contributed by atoms with Crippen LogP contribution in [0.3, 0.4) is 0 Å². The van der Waals surface area contributed by atoms with E-state index in [2.05, 4.69) is 15.0 Å². The Morgan fingerprint density at radius 1 is 1.07 bits per heavy atom. The predicted molar refractivity (Wildman–Crippen MR) is 115 cm³/mol. The first-order valence-corrected chi connectivity index (χ1v) is 10.2. The van der Waals surface area contributed by atoms with Crippen molar-refractivity contribution in [3.8, 4) is 5.75 Å². The van der Waals surface area contributed by atoms with E-state index in [0.717, 1.165) is 16.9 Å². The number of halogens is 1. The number of thioether (sulfide) groups is 1. The average molecular weight is 425 g/mol. The summed E-state index contributed by atoms with van der Waals surface area (Å²) in [6.07, 6.45) is 3.03. The Labute approximate surface area is 176 Å². The summed E-state index contributed by atoms with van der Waals surface area (Å²) < 4.78 is 6.83. The highest BCUT2D eigenvalue weighted by Gasteiger charge is 2.14. The third-order valence-corrected chi connectivity index (χ3v) is 5.77. The second-order valence-electron chi connectivity index (χ2n) is 6.24. The molecule has 0 bridgehead atoms. The molecule has 146 valence electrons. The number of nitrogens with zero attached hydrogens (tertiary/aromatic N) is 4. The molecule has 0 radical (unpaired) electrons. The van der Waals surface area contributed by atoms with Crippen LogP contribution < -0.4 is 10.3 Å². The molecule has 0 aliphatic carbocycles. The van der Waals surface area contributed by atoms with Crippen molar-refractivity contribution < 1.29 is 4.74 Å². The highest BCUT2D eigenvalue weighted by atomic mass is 35.5. The molecule has 0 spiro atoms. The van der Waals surface area contributed by atoms with Crippen molar-refractivity contribution in [1.29, 1.82) is 0 Å². The van der Waals surface area contributed by atoms with E-state index in [1.54, 1.807) is 11.7 Å². The maximum atomic E-state index is 13.1. The lowest BCUT2D eigenvalue weighted by Crippen LogP contribution is -2.25. The Hall–Kier alpha value is -2.90. The zero-order valence-electron chi connectivity index (χ0n) is 15.6. The molecule has 4 rings (SSSR count). The molecular formula is C21H17ClN4O2S. The third-order valence-electron chi connectivity index (χ3n) is 4.37. The standard InChI is InChI=1S/C21H17ClN4O2S/c1-28-16-8-6-14(7-9-16)12-26-20(27)18-19(24-11-10-23-18)25-21(26)29-13-15-4-2-3-5-17(15)22/h2-11H,12-13H2,1H3. The van der Waals surface area contributed by atoms with Gasteiger partial charge in [-0.2, -0.15) is 0 Å². The molecule has 0 fully saturated rings. The van der Waals surface area contributed by atoms with E-state index >= 15 is 0 Å². The van der Waals surface area contributed by atoms with Crippen LogP contribution in [0.2, 0.25) is 5.02 Å². The molecule has 0 amide bonds. The molecule has 6 nitrogen and oxygen atoms in total. The summed E-state index contributed by atoms with van der Waals surface area (Å²) in [5, 5.41) is 1.25.